The Labute approximate surface area is 82.7 Å². The van der Waals surface area contributed by atoms with Crippen molar-refractivity contribution in [2.24, 2.45) is 5.50 Å². The lowest BCUT2D eigenvalue weighted by molar-refractivity contribution is 0.251. The van der Waals surface area contributed by atoms with E-state index < -0.39 is 7.75 Å². The van der Waals surface area contributed by atoms with Crippen molar-refractivity contribution in [3.63, 3.8) is 0 Å². The van der Waals surface area contributed by atoms with Gasteiger partial charge in [0.2, 0.25) is 0 Å². The standard InChI is InChI=1S/C7H10NO3P.ClH/c8-12(9,10)11-6-7-4-2-1-3-5-7;/h1-5H,6H2,(H3,8,9,10);1H. The second-order valence-corrected chi connectivity index (χ2v) is 3.71. The van der Waals surface area contributed by atoms with Gasteiger partial charge < -0.3 is 4.89 Å². The highest BCUT2D eigenvalue weighted by molar-refractivity contribution is 7.50. The maximum absolute atomic E-state index is 10.5. The average molecular weight is 224 g/mol. The highest BCUT2D eigenvalue weighted by Gasteiger charge is 2.10. The van der Waals surface area contributed by atoms with Gasteiger partial charge in [0, 0.05) is 0 Å². The molecule has 3 N–H and O–H groups in total. The quantitative estimate of drug-likeness (QED) is 0.765. The first kappa shape index (κ1) is 12.6. The molecule has 13 heavy (non-hydrogen) atoms. The summed E-state index contributed by atoms with van der Waals surface area (Å²) >= 11 is 0. The molecule has 0 saturated carbocycles. The number of nitrogens with two attached hydrogens (primary N) is 1. The van der Waals surface area contributed by atoms with Crippen LogP contribution in [0.25, 0.3) is 0 Å². The predicted molar refractivity (Wildman–Crippen MR) is 52.5 cm³/mol. The van der Waals surface area contributed by atoms with Gasteiger partial charge in [0.1, 0.15) is 0 Å². The third kappa shape index (κ3) is 5.80. The summed E-state index contributed by atoms with van der Waals surface area (Å²) < 4.78 is 15.0. The van der Waals surface area contributed by atoms with Crippen LogP contribution in [-0.4, -0.2) is 4.89 Å². The third-order valence-electron chi connectivity index (χ3n) is 1.26. The van der Waals surface area contributed by atoms with Crippen LogP contribution in [-0.2, 0) is 15.7 Å². The van der Waals surface area contributed by atoms with E-state index in [2.05, 4.69) is 4.52 Å². The van der Waals surface area contributed by atoms with Gasteiger partial charge >= 0.3 is 7.75 Å². The van der Waals surface area contributed by atoms with Crippen molar-refractivity contribution in [2.75, 3.05) is 0 Å². The molecule has 0 heterocycles. The molecule has 0 spiro atoms. The molecule has 0 radical (unpaired) electrons. The number of halogens is 1. The van der Waals surface area contributed by atoms with Crippen molar-refractivity contribution in [3.05, 3.63) is 35.9 Å². The van der Waals surface area contributed by atoms with E-state index in [-0.39, 0.29) is 19.0 Å². The van der Waals surface area contributed by atoms with Crippen molar-refractivity contribution < 1.29 is 14.0 Å². The first-order valence-electron chi connectivity index (χ1n) is 3.38. The molecule has 1 aromatic carbocycles. The molecule has 1 unspecified atom stereocenters. The Hall–Kier alpha value is -0.380. The zero-order valence-electron chi connectivity index (χ0n) is 6.79. The molecule has 4 nitrogen and oxygen atoms in total. The number of benzene rings is 1. The molecule has 6 heteroatoms. The number of hydrogen-bond acceptors (Lipinski definition) is 2. The Morgan fingerprint density at radius 2 is 1.92 bits per heavy atom. The molecule has 0 aromatic heterocycles. The molecule has 0 bridgehead atoms. The molecular formula is C7H11ClNO3P. The van der Waals surface area contributed by atoms with Crippen LogP contribution in [0.2, 0.25) is 0 Å². The lowest BCUT2D eigenvalue weighted by Crippen LogP contribution is -1.98. The van der Waals surface area contributed by atoms with Gasteiger partial charge in [0.05, 0.1) is 6.61 Å². The summed E-state index contributed by atoms with van der Waals surface area (Å²) in [5, 5.41) is 0. The van der Waals surface area contributed by atoms with Gasteiger partial charge in [-0.2, -0.15) is 0 Å². The maximum atomic E-state index is 10.5. The summed E-state index contributed by atoms with van der Waals surface area (Å²) in [6, 6.07) is 9.06. The SMILES string of the molecule is Cl.NP(=O)(O)OCc1ccccc1. The zero-order chi connectivity index (χ0) is 9.03. The second-order valence-electron chi connectivity index (χ2n) is 2.32. The summed E-state index contributed by atoms with van der Waals surface area (Å²) in [6.07, 6.45) is 0. The first-order valence-corrected chi connectivity index (χ1v) is 5.02. The molecule has 0 aliphatic rings. The van der Waals surface area contributed by atoms with Gasteiger partial charge in [0.15, 0.2) is 0 Å². The molecule has 0 amide bonds. The van der Waals surface area contributed by atoms with Gasteiger partial charge in [-0.25, -0.2) is 10.1 Å². The largest absolute Gasteiger partial charge is 0.400 e. The molecule has 1 aromatic rings. The van der Waals surface area contributed by atoms with Gasteiger partial charge in [0.25, 0.3) is 0 Å². The summed E-state index contributed by atoms with van der Waals surface area (Å²) in [4.78, 5) is 8.59. The number of hydrogen-bond donors (Lipinski definition) is 2. The van der Waals surface area contributed by atoms with Crippen LogP contribution in [0.15, 0.2) is 30.3 Å². The van der Waals surface area contributed by atoms with E-state index in [1.54, 1.807) is 12.1 Å². The third-order valence-corrected chi connectivity index (χ3v) is 1.76. The Balaban J connectivity index is 0.00000144. The van der Waals surface area contributed by atoms with Crippen LogP contribution in [0.5, 0.6) is 0 Å². The Kier molecular flexibility index (Phi) is 5.21. The van der Waals surface area contributed by atoms with Gasteiger partial charge in [-0.3, -0.25) is 4.52 Å². The van der Waals surface area contributed by atoms with Gasteiger partial charge in [-0.15, -0.1) is 12.4 Å². The fourth-order valence-corrected chi connectivity index (χ4v) is 1.08. The van der Waals surface area contributed by atoms with Crippen molar-refractivity contribution >= 4 is 20.2 Å². The molecule has 0 aliphatic carbocycles. The molecule has 1 rings (SSSR count). The minimum atomic E-state index is -3.83. The van der Waals surface area contributed by atoms with E-state index in [1.807, 2.05) is 18.2 Å². The van der Waals surface area contributed by atoms with E-state index in [4.69, 9.17) is 10.4 Å². The van der Waals surface area contributed by atoms with Crippen LogP contribution in [0.4, 0.5) is 0 Å². The summed E-state index contributed by atoms with van der Waals surface area (Å²) in [5.41, 5.74) is 5.59. The van der Waals surface area contributed by atoms with E-state index in [0.29, 0.717) is 0 Å². The van der Waals surface area contributed by atoms with Crippen LogP contribution in [0.1, 0.15) is 5.56 Å². The van der Waals surface area contributed by atoms with Crippen molar-refractivity contribution in [2.45, 2.75) is 6.61 Å². The van der Waals surface area contributed by atoms with Crippen molar-refractivity contribution in [1.82, 2.24) is 0 Å². The average Bonchev–Trinajstić information content (AvgIpc) is 2.02. The van der Waals surface area contributed by atoms with Gasteiger partial charge in [-0.05, 0) is 5.56 Å². The van der Waals surface area contributed by atoms with E-state index >= 15 is 0 Å². The molecule has 1 atom stereocenters. The monoisotopic (exact) mass is 223 g/mol. The molecule has 0 saturated heterocycles. The Morgan fingerprint density at radius 1 is 1.38 bits per heavy atom. The van der Waals surface area contributed by atoms with Crippen LogP contribution in [0, 0.1) is 0 Å². The number of rotatable bonds is 3. The summed E-state index contributed by atoms with van der Waals surface area (Å²) in [7, 11) is -3.83. The normalized spacial score (nSPS) is 14.3. The predicted octanol–water partition coefficient (Wildman–Crippen LogP) is 1.68. The lowest BCUT2D eigenvalue weighted by Gasteiger charge is -2.05. The first-order chi connectivity index (χ1) is 5.58. The smallest absolute Gasteiger partial charge is 0.313 e. The van der Waals surface area contributed by atoms with E-state index in [0.717, 1.165) is 5.56 Å². The van der Waals surface area contributed by atoms with Crippen molar-refractivity contribution in [1.29, 1.82) is 0 Å². The highest BCUT2D eigenvalue weighted by Crippen LogP contribution is 2.32. The molecule has 0 fully saturated rings. The fourth-order valence-electron chi connectivity index (χ4n) is 0.741. The van der Waals surface area contributed by atoms with E-state index in [1.165, 1.54) is 0 Å². The minimum absolute atomic E-state index is 0. The molecular weight excluding hydrogens is 213 g/mol. The molecule has 0 aliphatic heterocycles. The molecule has 74 valence electrons. The fraction of sp³-hybridized carbons (Fsp3) is 0.143. The topological polar surface area (TPSA) is 72.6 Å². The second kappa shape index (κ2) is 5.37. The van der Waals surface area contributed by atoms with Crippen molar-refractivity contribution in [3.8, 4) is 0 Å². The van der Waals surface area contributed by atoms with Crippen LogP contribution >= 0.6 is 20.2 Å². The zero-order valence-corrected chi connectivity index (χ0v) is 8.50. The highest BCUT2D eigenvalue weighted by atomic mass is 35.5. The lowest BCUT2D eigenvalue weighted by atomic mass is 10.2. The summed E-state index contributed by atoms with van der Waals surface area (Å²) in [6.45, 7) is 0.0606. The minimum Gasteiger partial charge on any atom is -0.313 e. The Morgan fingerprint density at radius 3 is 2.38 bits per heavy atom. The van der Waals surface area contributed by atoms with E-state index in [9.17, 15) is 4.57 Å². The van der Waals surface area contributed by atoms with Gasteiger partial charge in [-0.1, -0.05) is 30.3 Å². The van der Waals surface area contributed by atoms with Crippen LogP contribution < -0.4 is 5.50 Å². The Bertz CT molecular complexity index is 287. The maximum Gasteiger partial charge on any atom is 0.400 e. The van der Waals surface area contributed by atoms with Crippen LogP contribution in [0.3, 0.4) is 0 Å². The summed E-state index contributed by atoms with van der Waals surface area (Å²) in [5.74, 6) is 0.